The molecule has 0 aliphatic rings. The van der Waals surface area contributed by atoms with Crippen molar-refractivity contribution in [2.75, 3.05) is 13.1 Å². The molecule has 0 atom stereocenters. The van der Waals surface area contributed by atoms with Crippen molar-refractivity contribution in [3.05, 3.63) is 33.8 Å². The summed E-state index contributed by atoms with van der Waals surface area (Å²) in [6, 6.07) is 2.44. The van der Waals surface area contributed by atoms with E-state index < -0.39 is 11.6 Å². The van der Waals surface area contributed by atoms with E-state index in [0.29, 0.717) is 6.54 Å². The summed E-state index contributed by atoms with van der Waals surface area (Å²) in [6.45, 7) is 3.23. The Morgan fingerprint density at radius 1 is 1.41 bits per heavy atom. The van der Waals surface area contributed by atoms with Crippen molar-refractivity contribution >= 4 is 21.7 Å². The van der Waals surface area contributed by atoms with Crippen molar-refractivity contribution in [2.24, 2.45) is 0 Å². The van der Waals surface area contributed by atoms with Gasteiger partial charge in [-0.15, -0.1) is 0 Å². The number of nitrogens with one attached hydrogen (secondary N) is 1. The largest absolute Gasteiger partial charge is 0.317 e. The molecule has 17 heavy (non-hydrogen) atoms. The normalized spacial score (nSPS) is 10.6. The maximum absolute atomic E-state index is 13.6. The zero-order chi connectivity index (χ0) is 12.8. The first kappa shape index (κ1) is 14.3. The molecular formula is C12H14BrF2NO. The van der Waals surface area contributed by atoms with Crippen LogP contribution in [0.5, 0.6) is 0 Å². The van der Waals surface area contributed by atoms with Crippen molar-refractivity contribution in [1.82, 2.24) is 5.32 Å². The Kier molecular flexibility index (Phi) is 5.71. The molecule has 0 fully saturated rings. The van der Waals surface area contributed by atoms with E-state index in [-0.39, 0.29) is 28.7 Å². The Bertz CT molecular complexity index is 410. The molecule has 1 N–H and O–H groups in total. The minimum atomic E-state index is -0.693. The highest BCUT2D eigenvalue weighted by Gasteiger charge is 2.15. The number of hydrogen-bond acceptors (Lipinski definition) is 2. The molecule has 5 heteroatoms. The molecule has 1 aromatic carbocycles. The molecule has 0 saturated heterocycles. The number of halogens is 3. The van der Waals surface area contributed by atoms with E-state index in [1.807, 2.05) is 6.92 Å². The fraction of sp³-hybridized carbons (Fsp3) is 0.417. The summed E-state index contributed by atoms with van der Waals surface area (Å²) >= 11 is 2.97. The molecule has 1 aromatic rings. The van der Waals surface area contributed by atoms with Gasteiger partial charge in [-0.25, -0.2) is 8.78 Å². The van der Waals surface area contributed by atoms with Gasteiger partial charge in [-0.1, -0.05) is 6.92 Å². The Labute approximate surface area is 108 Å². The first-order valence-corrected chi connectivity index (χ1v) is 6.20. The standard InChI is InChI=1S/C12H14BrF2NO/c1-2-16-6-5-8(17)7-9-11(14)4-3-10(13)12(9)15/h3-4,16H,2,5-7H2,1H3. The van der Waals surface area contributed by atoms with Crippen LogP contribution in [-0.2, 0) is 11.2 Å². The van der Waals surface area contributed by atoms with Crippen molar-refractivity contribution in [1.29, 1.82) is 0 Å². The second-order valence-electron chi connectivity index (χ2n) is 3.64. The summed E-state index contributed by atoms with van der Waals surface area (Å²) in [4.78, 5) is 11.5. The smallest absolute Gasteiger partial charge is 0.143 e. The number of Topliss-reactive ketones (excluding diaryl/α,β-unsaturated/α-hetero) is 1. The monoisotopic (exact) mass is 305 g/mol. The van der Waals surface area contributed by atoms with Crippen LogP contribution in [0, 0.1) is 11.6 Å². The van der Waals surface area contributed by atoms with Gasteiger partial charge < -0.3 is 5.32 Å². The van der Waals surface area contributed by atoms with E-state index in [1.165, 1.54) is 6.07 Å². The Hall–Kier alpha value is -0.810. The van der Waals surface area contributed by atoms with E-state index in [9.17, 15) is 13.6 Å². The second-order valence-corrected chi connectivity index (χ2v) is 4.50. The summed E-state index contributed by atoms with van der Waals surface area (Å²) in [5.41, 5.74) is -0.166. The maximum atomic E-state index is 13.6. The number of carbonyl (C=O) groups is 1. The van der Waals surface area contributed by atoms with Gasteiger partial charge in [0.25, 0.3) is 0 Å². The highest BCUT2D eigenvalue weighted by molar-refractivity contribution is 9.10. The van der Waals surface area contributed by atoms with E-state index in [0.717, 1.165) is 12.6 Å². The number of hydrogen-bond donors (Lipinski definition) is 1. The molecule has 0 bridgehead atoms. The van der Waals surface area contributed by atoms with Crippen LogP contribution in [-0.4, -0.2) is 18.9 Å². The van der Waals surface area contributed by atoms with Crippen molar-refractivity contribution in [2.45, 2.75) is 19.8 Å². The molecule has 94 valence electrons. The van der Waals surface area contributed by atoms with Gasteiger partial charge in [-0.05, 0) is 34.6 Å². The van der Waals surface area contributed by atoms with Crippen LogP contribution in [0.4, 0.5) is 8.78 Å². The maximum Gasteiger partial charge on any atom is 0.143 e. The highest BCUT2D eigenvalue weighted by atomic mass is 79.9. The molecule has 0 spiro atoms. The van der Waals surface area contributed by atoms with Gasteiger partial charge in [-0.3, -0.25) is 4.79 Å². The van der Waals surface area contributed by atoms with Crippen molar-refractivity contribution in [3.63, 3.8) is 0 Å². The van der Waals surface area contributed by atoms with E-state index in [2.05, 4.69) is 21.2 Å². The lowest BCUT2D eigenvalue weighted by molar-refractivity contribution is -0.118. The van der Waals surface area contributed by atoms with Crippen LogP contribution in [0.2, 0.25) is 0 Å². The molecule has 0 aromatic heterocycles. The van der Waals surface area contributed by atoms with Gasteiger partial charge in [0.15, 0.2) is 0 Å². The minimum absolute atomic E-state index is 0.166. The average Bonchev–Trinajstić information content (AvgIpc) is 2.30. The van der Waals surface area contributed by atoms with E-state index in [1.54, 1.807) is 0 Å². The van der Waals surface area contributed by atoms with E-state index >= 15 is 0 Å². The van der Waals surface area contributed by atoms with E-state index in [4.69, 9.17) is 0 Å². The summed E-state index contributed by atoms with van der Waals surface area (Å²) < 4.78 is 27.1. The topological polar surface area (TPSA) is 29.1 Å². The summed E-state index contributed by atoms with van der Waals surface area (Å²) in [7, 11) is 0. The molecule has 0 aliphatic carbocycles. The molecule has 0 heterocycles. The number of benzene rings is 1. The second kappa shape index (κ2) is 6.81. The van der Waals surface area contributed by atoms with Crippen LogP contribution in [0.3, 0.4) is 0 Å². The van der Waals surface area contributed by atoms with Crippen LogP contribution < -0.4 is 5.32 Å². The lowest BCUT2D eigenvalue weighted by Crippen LogP contribution is -2.19. The third kappa shape index (κ3) is 4.16. The van der Waals surface area contributed by atoms with Gasteiger partial charge >= 0.3 is 0 Å². The summed E-state index contributed by atoms with van der Waals surface area (Å²) in [5, 5.41) is 2.99. The molecule has 0 radical (unpaired) electrons. The molecule has 0 saturated carbocycles. The SMILES string of the molecule is CCNCCC(=O)Cc1c(F)ccc(Br)c1F. The molecule has 0 unspecified atom stereocenters. The zero-order valence-electron chi connectivity index (χ0n) is 9.53. The molecular weight excluding hydrogens is 292 g/mol. The first-order chi connectivity index (χ1) is 8.06. The predicted octanol–water partition coefficient (Wildman–Crippen LogP) is 2.84. The third-order valence-corrected chi connectivity index (χ3v) is 2.96. The quantitative estimate of drug-likeness (QED) is 0.647. The number of carbonyl (C=O) groups excluding carboxylic acids is 1. The predicted molar refractivity (Wildman–Crippen MR) is 65.9 cm³/mol. The van der Waals surface area contributed by atoms with Crippen LogP contribution in [0.25, 0.3) is 0 Å². The van der Waals surface area contributed by atoms with Crippen molar-refractivity contribution in [3.8, 4) is 0 Å². The fourth-order valence-corrected chi connectivity index (χ4v) is 1.79. The highest BCUT2D eigenvalue weighted by Crippen LogP contribution is 2.22. The van der Waals surface area contributed by atoms with Crippen LogP contribution >= 0.6 is 15.9 Å². The number of ketones is 1. The Morgan fingerprint density at radius 3 is 2.76 bits per heavy atom. The lowest BCUT2D eigenvalue weighted by atomic mass is 10.1. The third-order valence-electron chi connectivity index (χ3n) is 2.34. The zero-order valence-corrected chi connectivity index (χ0v) is 11.1. The van der Waals surface area contributed by atoms with Gasteiger partial charge in [-0.2, -0.15) is 0 Å². The fourth-order valence-electron chi connectivity index (χ4n) is 1.42. The summed E-state index contributed by atoms with van der Waals surface area (Å²) in [6.07, 6.45) is 0.0712. The van der Waals surface area contributed by atoms with Gasteiger partial charge in [0.05, 0.1) is 4.47 Å². The average molecular weight is 306 g/mol. The van der Waals surface area contributed by atoms with Crippen LogP contribution in [0.15, 0.2) is 16.6 Å². The Morgan fingerprint density at radius 2 is 2.12 bits per heavy atom. The number of rotatable bonds is 6. The summed E-state index contributed by atoms with van der Waals surface area (Å²) in [5.74, 6) is -1.55. The van der Waals surface area contributed by atoms with Gasteiger partial charge in [0, 0.05) is 24.9 Å². The molecule has 0 amide bonds. The van der Waals surface area contributed by atoms with Gasteiger partial charge in [0.1, 0.15) is 17.4 Å². The van der Waals surface area contributed by atoms with Gasteiger partial charge in [0.2, 0.25) is 0 Å². The van der Waals surface area contributed by atoms with Crippen LogP contribution in [0.1, 0.15) is 18.9 Å². The molecule has 0 aliphatic heterocycles. The molecule has 2 nitrogen and oxygen atoms in total. The molecule has 1 rings (SSSR count). The lowest BCUT2D eigenvalue weighted by Gasteiger charge is -2.06. The van der Waals surface area contributed by atoms with Crippen molar-refractivity contribution < 1.29 is 13.6 Å². The first-order valence-electron chi connectivity index (χ1n) is 5.41. The minimum Gasteiger partial charge on any atom is -0.317 e. The Balaban J connectivity index is 2.68.